The van der Waals surface area contributed by atoms with E-state index in [0.717, 1.165) is 56.6 Å². The molecular weight excluding hydrogens is 584 g/mol. The largest absolute Gasteiger partial charge is 0.508 e. The summed E-state index contributed by atoms with van der Waals surface area (Å²) in [6.45, 7) is 2.80. The van der Waals surface area contributed by atoms with Crippen molar-refractivity contribution in [1.29, 1.82) is 0 Å². The molecule has 0 aromatic heterocycles. The lowest BCUT2D eigenvalue weighted by Gasteiger charge is -2.38. The zero-order chi connectivity index (χ0) is 32.3. The summed E-state index contributed by atoms with van der Waals surface area (Å²) < 4.78 is 0. The van der Waals surface area contributed by atoms with Crippen molar-refractivity contribution in [2.45, 2.75) is 69.0 Å². The number of carbonyl (C=O) groups is 2. The SMILES string of the molecule is CN(Cc1ccccc1NC1CCC(=O)NC1=O)C1CCN(c2ccc(C3c4ccc(O)cc4CCC3c3ccccc3)cc2)CC1. The average molecular weight is 629 g/mol. The highest BCUT2D eigenvalue weighted by molar-refractivity contribution is 6.01. The fraction of sp³-hybridized carbons (Fsp3) is 0.350. The molecule has 2 saturated heterocycles. The van der Waals surface area contributed by atoms with Gasteiger partial charge >= 0.3 is 0 Å². The van der Waals surface area contributed by atoms with Crippen LogP contribution in [-0.2, 0) is 22.6 Å². The number of nitrogens with one attached hydrogen (secondary N) is 2. The lowest BCUT2D eigenvalue weighted by Crippen LogP contribution is -2.47. The molecule has 2 amide bonds. The number of nitrogens with zero attached hydrogens (tertiary/aromatic N) is 2. The van der Waals surface area contributed by atoms with E-state index in [2.05, 4.69) is 94.2 Å². The maximum Gasteiger partial charge on any atom is 0.249 e. The number of para-hydroxylation sites is 1. The van der Waals surface area contributed by atoms with Gasteiger partial charge in [-0.05, 0) is 103 Å². The topological polar surface area (TPSA) is 84.9 Å². The average Bonchev–Trinajstić information content (AvgIpc) is 3.10. The van der Waals surface area contributed by atoms with Gasteiger partial charge in [0.2, 0.25) is 11.8 Å². The Labute approximate surface area is 277 Å². The van der Waals surface area contributed by atoms with Crippen molar-refractivity contribution in [1.82, 2.24) is 10.2 Å². The smallest absolute Gasteiger partial charge is 0.249 e. The number of aryl methyl sites for hydroxylation is 1. The van der Waals surface area contributed by atoms with E-state index < -0.39 is 0 Å². The number of piperidine rings is 2. The molecule has 242 valence electrons. The third kappa shape index (κ3) is 6.77. The highest BCUT2D eigenvalue weighted by atomic mass is 16.3. The quantitative estimate of drug-likeness (QED) is 0.192. The number of imide groups is 1. The Kier molecular flexibility index (Phi) is 8.99. The van der Waals surface area contributed by atoms with E-state index in [0.29, 0.717) is 30.6 Å². The van der Waals surface area contributed by atoms with Crippen LogP contribution >= 0.6 is 0 Å². The van der Waals surface area contributed by atoms with Crippen molar-refractivity contribution < 1.29 is 14.7 Å². The highest BCUT2D eigenvalue weighted by Crippen LogP contribution is 2.47. The van der Waals surface area contributed by atoms with Gasteiger partial charge < -0.3 is 15.3 Å². The molecule has 0 bridgehead atoms. The van der Waals surface area contributed by atoms with Crippen molar-refractivity contribution in [2.75, 3.05) is 30.4 Å². The van der Waals surface area contributed by atoms with Gasteiger partial charge in [-0.2, -0.15) is 0 Å². The summed E-state index contributed by atoms with van der Waals surface area (Å²) in [5, 5.41) is 16.0. The molecule has 47 heavy (non-hydrogen) atoms. The molecule has 0 radical (unpaired) electrons. The summed E-state index contributed by atoms with van der Waals surface area (Å²) in [5.41, 5.74) is 8.67. The minimum absolute atomic E-state index is 0.197. The molecule has 2 aliphatic heterocycles. The number of carbonyl (C=O) groups excluding carboxylic acids is 2. The van der Waals surface area contributed by atoms with E-state index in [9.17, 15) is 14.7 Å². The molecule has 2 fully saturated rings. The Bertz CT molecular complexity index is 1720. The Balaban J connectivity index is 1.00. The van der Waals surface area contributed by atoms with Crippen molar-refractivity contribution in [3.05, 3.63) is 125 Å². The van der Waals surface area contributed by atoms with Crippen molar-refractivity contribution in [3.8, 4) is 5.75 Å². The van der Waals surface area contributed by atoms with E-state index >= 15 is 0 Å². The first kappa shape index (κ1) is 31.0. The van der Waals surface area contributed by atoms with Crippen LogP contribution in [0.2, 0.25) is 0 Å². The van der Waals surface area contributed by atoms with Gasteiger partial charge in [0, 0.05) is 49.4 Å². The number of phenolic OH excluding ortho intramolecular Hbond substituents is 1. The summed E-state index contributed by atoms with van der Waals surface area (Å²) in [7, 11) is 2.20. The van der Waals surface area contributed by atoms with Gasteiger partial charge in [-0.1, -0.05) is 66.7 Å². The standard InChI is InChI=1S/C40H44N4O3/c1-43(26-30-9-5-6-10-36(30)41-37-19-20-38(46)42-40(37)47)31-21-23-44(24-22-31)32-14-11-28(12-15-32)39-34(27-7-3-2-4-8-27)17-13-29-25-33(45)16-18-35(29)39/h2-12,14-16,18,25,31,34,37,39,41,45H,13,17,19-24,26H2,1H3,(H,42,46,47). The highest BCUT2D eigenvalue weighted by Gasteiger charge is 2.33. The Morgan fingerprint density at radius 2 is 1.57 bits per heavy atom. The minimum atomic E-state index is -0.390. The first-order valence-corrected chi connectivity index (χ1v) is 17.0. The fourth-order valence-electron chi connectivity index (χ4n) is 7.95. The van der Waals surface area contributed by atoms with Crippen LogP contribution in [-0.4, -0.2) is 54.0 Å². The zero-order valence-electron chi connectivity index (χ0n) is 27.1. The van der Waals surface area contributed by atoms with E-state index in [1.165, 1.54) is 27.9 Å². The summed E-state index contributed by atoms with van der Waals surface area (Å²) in [5.74, 6) is 0.553. The van der Waals surface area contributed by atoms with Crippen LogP contribution < -0.4 is 15.5 Å². The van der Waals surface area contributed by atoms with Crippen LogP contribution in [0, 0.1) is 0 Å². The predicted molar refractivity (Wildman–Crippen MR) is 187 cm³/mol. The van der Waals surface area contributed by atoms with Gasteiger partial charge in [0.1, 0.15) is 11.8 Å². The summed E-state index contributed by atoms with van der Waals surface area (Å²) in [6.07, 6.45) is 5.07. The van der Waals surface area contributed by atoms with Crippen LogP contribution in [0.5, 0.6) is 5.75 Å². The van der Waals surface area contributed by atoms with Crippen LogP contribution in [0.15, 0.2) is 97.1 Å². The van der Waals surface area contributed by atoms with Crippen molar-refractivity contribution >= 4 is 23.2 Å². The summed E-state index contributed by atoms with van der Waals surface area (Å²) in [6, 6.07) is 34.3. The molecule has 4 aromatic rings. The first-order valence-electron chi connectivity index (χ1n) is 17.0. The molecular formula is C40H44N4O3. The molecule has 0 saturated carbocycles. The Morgan fingerprint density at radius 3 is 2.34 bits per heavy atom. The molecule has 2 heterocycles. The zero-order valence-corrected chi connectivity index (χ0v) is 27.1. The maximum absolute atomic E-state index is 12.4. The molecule has 3 N–H and O–H groups in total. The Hall–Kier alpha value is -4.62. The second-order valence-electron chi connectivity index (χ2n) is 13.4. The van der Waals surface area contributed by atoms with E-state index in [-0.39, 0.29) is 23.8 Å². The molecule has 4 aromatic carbocycles. The third-order valence-corrected chi connectivity index (χ3v) is 10.5. The molecule has 7 rings (SSSR count). The van der Waals surface area contributed by atoms with Gasteiger partial charge in [-0.15, -0.1) is 0 Å². The molecule has 7 heteroatoms. The number of benzene rings is 4. The van der Waals surface area contributed by atoms with Gasteiger partial charge in [0.15, 0.2) is 0 Å². The van der Waals surface area contributed by atoms with E-state index in [4.69, 9.17) is 0 Å². The van der Waals surface area contributed by atoms with Crippen LogP contribution in [0.1, 0.15) is 71.8 Å². The second-order valence-corrected chi connectivity index (χ2v) is 13.4. The number of rotatable bonds is 8. The van der Waals surface area contributed by atoms with Gasteiger partial charge in [0.05, 0.1) is 0 Å². The number of hydrogen-bond acceptors (Lipinski definition) is 6. The van der Waals surface area contributed by atoms with E-state index in [1.54, 1.807) is 0 Å². The molecule has 0 spiro atoms. The van der Waals surface area contributed by atoms with Crippen molar-refractivity contribution in [2.24, 2.45) is 0 Å². The number of aromatic hydroxyl groups is 1. The number of fused-ring (bicyclic) bond motifs is 1. The van der Waals surface area contributed by atoms with Gasteiger partial charge in [0.25, 0.3) is 0 Å². The lowest BCUT2D eigenvalue weighted by molar-refractivity contribution is -0.133. The van der Waals surface area contributed by atoms with Crippen LogP contribution in [0.25, 0.3) is 0 Å². The number of anilines is 2. The summed E-state index contributed by atoms with van der Waals surface area (Å²) >= 11 is 0. The van der Waals surface area contributed by atoms with Crippen LogP contribution in [0.3, 0.4) is 0 Å². The third-order valence-electron chi connectivity index (χ3n) is 10.5. The summed E-state index contributed by atoms with van der Waals surface area (Å²) in [4.78, 5) is 28.9. The first-order chi connectivity index (χ1) is 22.9. The predicted octanol–water partition coefficient (Wildman–Crippen LogP) is 6.57. The second kappa shape index (κ2) is 13.6. The monoisotopic (exact) mass is 628 g/mol. The van der Waals surface area contributed by atoms with Crippen molar-refractivity contribution in [3.63, 3.8) is 0 Å². The van der Waals surface area contributed by atoms with Gasteiger partial charge in [-0.25, -0.2) is 0 Å². The maximum atomic E-state index is 12.4. The van der Waals surface area contributed by atoms with Gasteiger partial charge in [-0.3, -0.25) is 19.8 Å². The molecule has 3 aliphatic rings. The molecule has 7 nitrogen and oxygen atoms in total. The number of amides is 2. The van der Waals surface area contributed by atoms with Crippen LogP contribution in [0.4, 0.5) is 11.4 Å². The fourth-order valence-corrected chi connectivity index (χ4v) is 7.95. The van der Waals surface area contributed by atoms with E-state index in [1.807, 2.05) is 30.3 Å². The normalized spacial score (nSPS) is 21.7. The Morgan fingerprint density at radius 1 is 0.830 bits per heavy atom. The number of hydrogen-bond donors (Lipinski definition) is 3. The molecule has 3 atom stereocenters. The minimum Gasteiger partial charge on any atom is -0.508 e. The lowest BCUT2D eigenvalue weighted by atomic mass is 9.69. The molecule has 3 unspecified atom stereocenters. The number of phenols is 1. The molecule has 1 aliphatic carbocycles.